The van der Waals surface area contributed by atoms with Gasteiger partial charge in [-0.05, 0) is 62.1 Å². The number of nitrogens with zero attached hydrogens (tertiary/aromatic N) is 1. The summed E-state index contributed by atoms with van der Waals surface area (Å²) in [4.78, 5) is 12.8. The molecule has 1 aliphatic heterocycles. The molecule has 0 atom stereocenters. The number of ether oxygens (including phenoxy) is 1. The maximum atomic E-state index is 12.9. The van der Waals surface area contributed by atoms with E-state index in [4.69, 9.17) is 4.74 Å². The van der Waals surface area contributed by atoms with Crippen LogP contribution in [0, 0.1) is 6.92 Å². The zero-order chi connectivity index (χ0) is 20.1. The molecule has 1 aliphatic rings. The van der Waals surface area contributed by atoms with Crippen LogP contribution < -0.4 is 10.1 Å². The normalized spacial score (nSPS) is 14.8. The third kappa shape index (κ3) is 4.54. The van der Waals surface area contributed by atoms with Gasteiger partial charge in [0.15, 0.2) is 0 Å². The molecule has 0 radical (unpaired) electrons. The van der Waals surface area contributed by atoms with E-state index < -0.39 is 10.0 Å². The van der Waals surface area contributed by atoms with Gasteiger partial charge in [0.1, 0.15) is 5.75 Å². The standard InChI is InChI=1S/C21H26N2O4S/c1-3-27-19-8-6-7-17(13-19)15-22-21(24)18-10-9-16(2)20(14-18)28(25,26)23-11-4-5-12-23/h6-10,13-14H,3-5,11-12,15H2,1-2H3,(H,22,24). The van der Waals surface area contributed by atoms with Crippen LogP contribution in [0.25, 0.3) is 0 Å². The van der Waals surface area contributed by atoms with Gasteiger partial charge in [-0.1, -0.05) is 18.2 Å². The van der Waals surface area contributed by atoms with Gasteiger partial charge in [0.25, 0.3) is 5.91 Å². The molecule has 0 bridgehead atoms. The molecule has 2 aromatic rings. The van der Waals surface area contributed by atoms with Crippen LogP contribution in [0.5, 0.6) is 5.75 Å². The lowest BCUT2D eigenvalue weighted by Gasteiger charge is -2.18. The molecule has 28 heavy (non-hydrogen) atoms. The van der Waals surface area contributed by atoms with E-state index in [9.17, 15) is 13.2 Å². The summed E-state index contributed by atoms with van der Waals surface area (Å²) in [5.41, 5.74) is 1.90. The molecule has 1 heterocycles. The highest BCUT2D eigenvalue weighted by atomic mass is 32.2. The molecular formula is C21H26N2O4S. The highest BCUT2D eigenvalue weighted by Gasteiger charge is 2.29. The Bertz CT molecular complexity index is 951. The first-order chi connectivity index (χ1) is 13.4. The topological polar surface area (TPSA) is 75.7 Å². The maximum absolute atomic E-state index is 12.9. The molecule has 150 valence electrons. The number of rotatable bonds is 7. The summed E-state index contributed by atoms with van der Waals surface area (Å²) in [5, 5.41) is 2.85. The minimum atomic E-state index is -3.57. The largest absolute Gasteiger partial charge is 0.494 e. The van der Waals surface area contributed by atoms with Crippen molar-refractivity contribution in [2.75, 3.05) is 19.7 Å². The van der Waals surface area contributed by atoms with E-state index in [0.717, 1.165) is 24.2 Å². The number of hydrogen-bond acceptors (Lipinski definition) is 4. The SMILES string of the molecule is CCOc1cccc(CNC(=O)c2ccc(C)c(S(=O)(=O)N3CCCC3)c2)c1. The van der Waals surface area contributed by atoms with E-state index in [0.29, 0.717) is 37.4 Å². The van der Waals surface area contributed by atoms with Crippen molar-refractivity contribution in [3.05, 3.63) is 59.2 Å². The molecule has 3 rings (SSSR count). The molecule has 2 aromatic carbocycles. The van der Waals surface area contributed by atoms with Crippen LogP contribution in [-0.4, -0.2) is 38.3 Å². The molecule has 0 saturated carbocycles. The van der Waals surface area contributed by atoms with E-state index in [2.05, 4.69) is 5.32 Å². The maximum Gasteiger partial charge on any atom is 0.251 e. The van der Waals surface area contributed by atoms with Crippen molar-refractivity contribution in [1.82, 2.24) is 9.62 Å². The summed E-state index contributed by atoms with van der Waals surface area (Å²) in [5.74, 6) is 0.447. The van der Waals surface area contributed by atoms with Crippen molar-refractivity contribution in [3.63, 3.8) is 0 Å². The minimum Gasteiger partial charge on any atom is -0.494 e. The van der Waals surface area contributed by atoms with Gasteiger partial charge in [0.2, 0.25) is 10.0 Å². The summed E-state index contributed by atoms with van der Waals surface area (Å²) >= 11 is 0. The molecule has 0 aromatic heterocycles. The van der Waals surface area contributed by atoms with Crippen LogP contribution in [-0.2, 0) is 16.6 Å². The second-order valence-electron chi connectivity index (χ2n) is 6.85. The van der Waals surface area contributed by atoms with E-state index in [-0.39, 0.29) is 10.8 Å². The number of carbonyl (C=O) groups is 1. The van der Waals surface area contributed by atoms with Crippen LogP contribution in [0.2, 0.25) is 0 Å². The molecule has 1 fully saturated rings. The van der Waals surface area contributed by atoms with Gasteiger partial charge in [-0.15, -0.1) is 0 Å². The first kappa shape index (κ1) is 20.4. The quantitative estimate of drug-likeness (QED) is 0.772. The van der Waals surface area contributed by atoms with Gasteiger partial charge in [-0.2, -0.15) is 4.31 Å². The fraction of sp³-hybridized carbons (Fsp3) is 0.381. The van der Waals surface area contributed by atoms with Crippen molar-refractivity contribution in [2.45, 2.75) is 38.1 Å². The van der Waals surface area contributed by atoms with Crippen molar-refractivity contribution in [2.24, 2.45) is 0 Å². The van der Waals surface area contributed by atoms with Crippen molar-refractivity contribution >= 4 is 15.9 Å². The van der Waals surface area contributed by atoms with Crippen molar-refractivity contribution in [1.29, 1.82) is 0 Å². The molecule has 0 spiro atoms. The smallest absolute Gasteiger partial charge is 0.251 e. The van der Waals surface area contributed by atoms with Crippen LogP contribution >= 0.6 is 0 Å². The third-order valence-electron chi connectivity index (χ3n) is 4.80. The van der Waals surface area contributed by atoms with Gasteiger partial charge >= 0.3 is 0 Å². The predicted molar refractivity (Wildman–Crippen MR) is 108 cm³/mol. The molecule has 1 saturated heterocycles. The Morgan fingerprint density at radius 2 is 1.89 bits per heavy atom. The fourth-order valence-corrected chi connectivity index (χ4v) is 5.05. The van der Waals surface area contributed by atoms with Gasteiger partial charge in [0.05, 0.1) is 11.5 Å². The van der Waals surface area contributed by atoms with Crippen molar-refractivity contribution < 1.29 is 17.9 Å². The Morgan fingerprint density at radius 3 is 2.61 bits per heavy atom. The van der Waals surface area contributed by atoms with Gasteiger partial charge in [0, 0.05) is 25.2 Å². The lowest BCUT2D eigenvalue weighted by atomic mass is 10.1. The number of amides is 1. The first-order valence-corrected chi connectivity index (χ1v) is 11.0. The zero-order valence-electron chi connectivity index (χ0n) is 16.3. The Morgan fingerprint density at radius 1 is 1.14 bits per heavy atom. The zero-order valence-corrected chi connectivity index (χ0v) is 17.1. The Labute approximate surface area is 166 Å². The predicted octanol–water partition coefficient (Wildman–Crippen LogP) is 3.11. The lowest BCUT2D eigenvalue weighted by Crippen LogP contribution is -2.29. The summed E-state index contributed by atoms with van der Waals surface area (Å²) in [6.07, 6.45) is 1.75. The third-order valence-corrected chi connectivity index (χ3v) is 6.84. The van der Waals surface area contributed by atoms with Crippen LogP contribution in [0.1, 0.15) is 41.3 Å². The highest BCUT2D eigenvalue weighted by molar-refractivity contribution is 7.89. The molecule has 1 N–H and O–H groups in total. The van der Waals surface area contributed by atoms with E-state index in [1.807, 2.05) is 31.2 Å². The lowest BCUT2D eigenvalue weighted by molar-refractivity contribution is 0.0950. The summed E-state index contributed by atoms with van der Waals surface area (Å²) in [6, 6.07) is 12.3. The Hall–Kier alpha value is -2.38. The Balaban J connectivity index is 1.75. The summed E-state index contributed by atoms with van der Waals surface area (Å²) < 4.78 is 32.7. The summed E-state index contributed by atoms with van der Waals surface area (Å²) in [6.45, 7) is 5.65. The average molecular weight is 403 g/mol. The van der Waals surface area contributed by atoms with Crippen molar-refractivity contribution in [3.8, 4) is 5.75 Å². The summed E-state index contributed by atoms with van der Waals surface area (Å²) in [7, 11) is -3.57. The van der Waals surface area contributed by atoms with E-state index in [1.54, 1.807) is 19.1 Å². The second-order valence-corrected chi connectivity index (χ2v) is 8.76. The number of carbonyl (C=O) groups excluding carboxylic acids is 1. The molecule has 1 amide bonds. The molecule has 0 aliphatic carbocycles. The number of hydrogen-bond donors (Lipinski definition) is 1. The molecule has 0 unspecified atom stereocenters. The van der Waals surface area contributed by atoms with Gasteiger partial charge in [-0.25, -0.2) is 8.42 Å². The monoisotopic (exact) mass is 402 g/mol. The number of nitrogens with one attached hydrogen (secondary N) is 1. The van der Waals surface area contributed by atoms with E-state index in [1.165, 1.54) is 10.4 Å². The van der Waals surface area contributed by atoms with Crippen LogP contribution in [0.3, 0.4) is 0 Å². The Kier molecular flexibility index (Phi) is 6.36. The van der Waals surface area contributed by atoms with Crippen LogP contribution in [0.15, 0.2) is 47.4 Å². The molecular weight excluding hydrogens is 376 g/mol. The average Bonchev–Trinajstić information content (AvgIpc) is 3.23. The second kappa shape index (κ2) is 8.75. The van der Waals surface area contributed by atoms with E-state index >= 15 is 0 Å². The number of sulfonamides is 1. The number of benzene rings is 2. The highest BCUT2D eigenvalue weighted by Crippen LogP contribution is 2.24. The van der Waals surface area contributed by atoms with Crippen LogP contribution in [0.4, 0.5) is 0 Å². The minimum absolute atomic E-state index is 0.209. The number of aryl methyl sites for hydroxylation is 1. The fourth-order valence-electron chi connectivity index (χ4n) is 3.28. The van der Waals surface area contributed by atoms with Gasteiger partial charge in [-0.3, -0.25) is 4.79 Å². The molecule has 7 heteroatoms. The first-order valence-electron chi connectivity index (χ1n) is 9.52. The molecule has 6 nitrogen and oxygen atoms in total. The van der Waals surface area contributed by atoms with Gasteiger partial charge < -0.3 is 10.1 Å².